The number of nitrogens with zero attached hydrogens (tertiary/aromatic N) is 1. The van der Waals surface area contributed by atoms with Gasteiger partial charge in [-0.2, -0.15) is 18.3 Å². The molecule has 1 fully saturated rings. The van der Waals surface area contributed by atoms with E-state index in [1.165, 1.54) is 0 Å². The van der Waals surface area contributed by atoms with Gasteiger partial charge in [0.25, 0.3) is 0 Å². The van der Waals surface area contributed by atoms with Crippen LogP contribution in [0.4, 0.5) is 18.9 Å². The fraction of sp³-hybridized carbons (Fsp3) is 0.500. The summed E-state index contributed by atoms with van der Waals surface area (Å²) in [6.45, 7) is 1.91. The van der Waals surface area contributed by atoms with Crippen LogP contribution in [0.3, 0.4) is 0 Å². The van der Waals surface area contributed by atoms with E-state index in [0.717, 1.165) is 10.9 Å². The second kappa shape index (κ2) is 5.86. The molecular weight excluding hydrogens is 307 g/mol. The third-order valence-corrected chi connectivity index (χ3v) is 4.61. The van der Waals surface area contributed by atoms with Crippen molar-refractivity contribution in [2.45, 2.75) is 38.8 Å². The lowest BCUT2D eigenvalue weighted by Crippen LogP contribution is -2.39. The monoisotopic (exact) mass is 325 g/mol. The summed E-state index contributed by atoms with van der Waals surface area (Å²) in [5.74, 6) is -3.14. The predicted octanol–water partition coefficient (Wildman–Crippen LogP) is 4.18. The van der Waals surface area contributed by atoms with Gasteiger partial charge in [-0.25, -0.2) is 0 Å². The van der Waals surface area contributed by atoms with Gasteiger partial charge in [0, 0.05) is 11.3 Å². The number of alkyl halides is 3. The Bertz CT molecular complexity index is 723. The topological polar surface area (TPSA) is 57.8 Å². The van der Waals surface area contributed by atoms with Gasteiger partial charge in [-0.05, 0) is 31.4 Å². The number of aromatic amines is 1. The van der Waals surface area contributed by atoms with E-state index in [0.29, 0.717) is 24.0 Å². The van der Waals surface area contributed by atoms with E-state index in [1.807, 2.05) is 13.0 Å². The maximum atomic E-state index is 13.2. The van der Waals surface area contributed by atoms with Crippen LogP contribution in [-0.2, 0) is 4.79 Å². The van der Waals surface area contributed by atoms with Crippen LogP contribution < -0.4 is 5.32 Å². The molecule has 1 saturated carbocycles. The maximum Gasteiger partial charge on any atom is 0.392 e. The number of amides is 1. The molecule has 0 aliphatic heterocycles. The minimum atomic E-state index is -4.33. The molecule has 4 nitrogen and oxygen atoms in total. The number of hydrogen-bond acceptors (Lipinski definition) is 2. The van der Waals surface area contributed by atoms with Crippen LogP contribution in [0, 0.1) is 18.8 Å². The van der Waals surface area contributed by atoms with Crippen LogP contribution in [0.2, 0.25) is 0 Å². The zero-order valence-corrected chi connectivity index (χ0v) is 12.7. The van der Waals surface area contributed by atoms with E-state index in [1.54, 1.807) is 12.3 Å². The lowest BCUT2D eigenvalue weighted by atomic mass is 9.78. The van der Waals surface area contributed by atoms with Gasteiger partial charge in [0.15, 0.2) is 0 Å². The number of H-pyrrole nitrogens is 1. The Hall–Kier alpha value is -2.05. The van der Waals surface area contributed by atoms with Crippen molar-refractivity contribution in [1.82, 2.24) is 10.2 Å². The van der Waals surface area contributed by atoms with Crippen molar-refractivity contribution in [3.63, 3.8) is 0 Å². The quantitative estimate of drug-likeness (QED) is 0.870. The molecule has 2 N–H and O–H groups in total. The molecule has 0 radical (unpaired) electrons. The molecule has 1 aliphatic rings. The average Bonchev–Trinajstić information content (AvgIpc) is 3.00. The largest absolute Gasteiger partial charge is 0.392 e. The van der Waals surface area contributed by atoms with Gasteiger partial charge in [-0.15, -0.1) is 0 Å². The molecule has 1 aromatic heterocycles. The van der Waals surface area contributed by atoms with Crippen LogP contribution in [-0.4, -0.2) is 22.3 Å². The van der Waals surface area contributed by atoms with Gasteiger partial charge in [0.2, 0.25) is 5.91 Å². The predicted molar refractivity (Wildman–Crippen MR) is 81.0 cm³/mol. The van der Waals surface area contributed by atoms with Crippen molar-refractivity contribution < 1.29 is 18.0 Å². The summed E-state index contributed by atoms with van der Waals surface area (Å²) in [7, 11) is 0. The Kier molecular flexibility index (Phi) is 4.04. The number of hydrogen-bond donors (Lipinski definition) is 2. The Morgan fingerprint density at radius 2 is 2.04 bits per heavy atom. The molecular formula is C16H18F3N3O. The number of aromatic nitrogens is 2. The first kappa shape index (κ1) is 15.8. The summed E-state index contributed by atoms with van der Waals surface area (Å²) < 4.78 is 39.5. The van der Waals surface area contributed by atoms with Gasteiger partial charge in [-0.1, -0.05) is 18.9 Å². The Morgan fingerprint density at radius 1 is 1.30 bits per heavy atom. The zero-order valence-electron chi connectivity index (χ0n) is 12.7. The third kappa shape index (κ3) is 3.04. The molecule has 1 amide bonds. The minimum Gasteiger partial charge on any atom is -0.324 e. The summed E-state index contributed by atoms with van der Waals surface area (Å²) in [6.07, 6.45) is -1.23. The normalized spacial score (nSPS) is 22.3. The van der Waals surface area contributed by atoms with Crippen molar-refractivity contribution in [1.29, 1.82) is 0 Å². The number of carbonyl (C=O) groups is 1. The fourth-order valence-corrected chi connectivity index (χ4v) is 3.34. The number of fused-ring (bicyclic) bond motifs is 1. The zero-order chi connectivity index (χ0) is 16.6. The summed E-state index contributed by atoms with van der Waals surface area (Å²) in [6, 6.07) is 3.51. The van der Waals surface area contributed by atoms with Gasteiger partial charge in [-0.3, -0.25) is 9.89 Å². The first-order valence-corrected chi connectivity index (χ1v) is 7.68. The smallest absolute Gasteiger partial charge is 0.324 e. The van der Waals surface area contributed by atoms with Crippen molar-refractivity contribution in [3.8, 4) is 0 Å². The molecule has 0 unspecified atom stereocenters. The molecule has 7 heteroatoms. The number of carbonyl (C=O) groups excluding carboxylic acids is 1. The number of anilines is 1. The van der Waals surface area contributed by atoms with E-state index in [2.05, 4.69) is 15.5 Å². The van der Waals surface area contributed by atoms with Gasteiger partial charge in [0.1, 0.15) is 0 Å². The molecule has 124 valence electrons. The van der Waals surface area contributed by atoms with E-state index < -0.39 is 23.9 Å². The highest BCUT2D eigenvalue weighted by molar-refractivity contribution is 6.02. The molecule has 0 spiro atoms. The highest BCUT2D eigenvalue weighted by Crippen LogP contribution is 2.42. The second-order valence-electron chi connectivity index (χ2n) is 6.12. The number of halogens is 3. The van der Waals surface area contributed by atoms with Crippen LogP contribution >= 0.6 is 0 Å². The Morgan fingerprint density at radius 3 is 2.78 bits per heavy atom. The molecule has 2 atom stereocenters. The summed E-state index contributed by atoms with van der Waals surface area (Å²) in [5, 5.41) is 10.2. The Labute approximate surface area is 131 Å². The van der Waals surface area contributed by atoms with E-state index in [9.17, 15) is 18.0 Å². The highest BCUT2D eigenvalue weighted by atomic mass is 19.4. The highest BCUT2D eigenvalue weighted by Gasteiger charge is 2.48. The fourth-order valence-electron chi connectivity index (χ4n) is 3.34. The van der Waals surface area contributed by atoms with Crippen molar-refractivity contribution >= 4 is 22.5 Å². The Balaban J connectivity index is 1.85. The van der Waals surface area contributed by atoms with Gasteiger partial charge < -0.3 is 5.32 Å². The van der Waals surface area contributed by atoms with Crippen molar-refractivity contribution in [2.24, 2.45) is 11.8 Å². The van der Waals surface area contributed by atoms with Crippen LogP contribution in [0.15, 0.2) is 18.3 Å². The molecule has 0 saturated heterocycles. The summed E-state index contributed by atoms with van der Waals surface area (Å²) in [5.41, 5.74) is 2.09. The number of benzene rings is 1. The van der Waals surface area contributed by atoms with Gasteiger partial charge in [0.05, 0.1) is 23.3 Å². The first-order valence-electron chi connectivity index (χ1n) is 7.68. The van der Waals surface area contributed by atoms with E-state index >= 15 is 0 Å². The number of nitrogens with one attached hydrogen (secondary N) is 2. The molecule has 1 aromatic carbocycles. The molecule has 23 heavy (non-hydrogen) atoms. The van der Waals surface area contributed by atoms with Crippen LogP contribution in [0.1, 0.15) is 31.2 Å². The standard InChI is InChI=1S/C16H18F3N3O/c1-9-6-7-13(14-11(9)8-20-22-14)21-15(23)10-4-2-3-5-12(10)16(17,18)19/h6-8,10,12H,2-5H2,1H3,(H,20,22)(H,21,23)/t10-,12+/m1/s1. The van der Waals surface area contributed by atoms with Crippen LogP contribution in [0.5, 0.6) is 0 Å². The summed E-state index contributed by atoms with van der Waals surface area (Å²) >= 11 is 0. The lowest BCUT2D eigenvalue weighted by Gasteiger charge is -2.32. The van der Waals surface area contributed by atoms with Crippen LogP contribution in [0.25, 0.3) is 10.9 Å². The molecule has 0 bridgehead atoms. The van der Waals surface area contributed by atoms with E-state index in [4.69, 9.17) is 0 Å². The van der Waals surface area contributed by atoms with Crippen molar-refractivity contribution in [3.05, 3.63) is 23.9 Å². The second-order valence-corrected chi connectivity index (χ2v) is 6.12. The average molecular weight is 325 g/mol. The van der Waals surface area contributed by atoms with Gasteiger partial charge >= 0.3 is 6.18 Å². The summed E-state index contributed by atoms with van der Waals surface area (Å²) in [4.78, 5) is 12.4. The number of rotatable bonds is 2. The molecule has 1 aliphatic carbocycles. The minimum absolute atomic E-state index is 0.0228. The molecule has 3 rings (SSSR count). The first-order chi connectivity index (χ1) is 10.9. The lowest BCUT2D eigenvalue weighted by molar-refractivity contribution is -0.197. The number of aryl methyl sites for hydroxylation is 1. The van der Waals surface area contributed by atoms with E-state index in [-0.39, 0.29) is 12.8 Å². The molecule has 1 heterocycles. The molecule has 2 aromatic rings. The SMILES string of the molecule is Cc1ccc(NC(=O)[C@@H]2CCCC[C@@H]2C(F)(F)F)c2[nH]ncc12. The maximum absolute atomic E-state index is 13.2. The van der Waals surface area contributed by atoms with Crippen molar-refractivity contribution in [2.75, 3.05) is 5.32 Å². The third-order valence-electron chi connectivity index (χ3n) is 4.61.